The number of rotatable bonds is 5. The summed E-state index contributed by atoms with van der Waals surface area (Å²) < 4.78 is 10.4. The van der Waals surface area contributed by atoms with Crippen molar-refractivity contribution in [2.24, 2.45) is 0 Å². The van der Waals surface area contributed by atoms with E-state index in [2.05, 4.69) is 0 Å². The summed E-state index contributed by atoms with van der Waals surface area (Å²) in [5, 5.41) is 0. The van der Waals surface area contributed by atoms with Gasteiger partial charge >= 0.3 is 5.97 Å². The largest absolute Gasteiger partial charge is 0.496 e. The molecule has 0 amide bonds. The van der Waals surface area contributed by atoms with E-state index in [1.54, 1.807) is 32.2 Å². The lowest BCUT2D eigenvalue weighted by Crippen LogP contribution is -2.07. The van der Waals surface area contributed by atoms with E-state index < -0.39 is 0 Å². The Morgan fingerprint density at radius 1 is 1.19 bits per heavy atom. The zero-order valence-corrected chi connectivity index (χ0v) is 12.8. The molecule has 0 atom stereocenters. The third kappa shape index (κ3) is 3.49. The van der Waals surface area contributed by atoms with Gasteiger partial charge in [-0.3, -0.25) is 0 Å². The number of carbonyl (C=O) groups excluding carboxylic acids is 1. The van der Waals surface area contributed by atoms with Crippen molar-refractivity contribution in [1.29, 1.82) is 0 Å². The van der Waals surface area contributed by atoms with E-state index in [0.29, 0.717) is 22.8 Å². The zero-order chi connectivity index (χ0) is 15.2. The van der Waals surface area contributed by atoms with Crippen molar-refractivity contribution in [3.63, 3.8) is 0 Å². The highest BCUT2D eigenvalue weighted by atomic mass is 32.2. The summed E-state index contributed by atoms with van der Waals surface area (Å²) in [6, 6.07) is 12.8. The summed E-state index contributed by atoms with van der Waals surface area (Å²) in [6.45, 7) is 2.10. The van der Waals surface area contributed by atoms with Gasteiger partial charge in [0.2, 0.25) is 0 Å². The standard InChI is InChI=1S/C16H17NO3S/c1-3-20-16(18)11-7-6-8-12(17)15(11)21-14-10-5-4-9-13(14)19-2/h4-10H,3,17H2,1-2H3. The number of anilines is 1. The number of benzene rings is 2. The van der Waals surface area contributed by atoms with Crippen LogP contribution in [0.5, 0.6) is 5.75 Å². The minimum Gasteiger partial charge on any atom is -0.496 e. The van der Waals surface area contributed by atoms with Crippen molar-refractivity contribution >= 4 is 23.4 Å². The molecule has 5 heteroatoms. The normalized spacial score (nSPS) is 10.2. The van der Waals surface area contributed by atoms with Gasteiger partial charge < -0.3 is 15.2 Å². The smallest absolute Gasteiger partial charge is 0.339 e. The summed E-state index contributed by atoms with van der Waals surface area (Å²) in [7, 11) is 1.61. The van der Waals surface area contributed by atoms with E-state index in [1.165, 1.54) is 11.8 Å². The molecule has 21 heavy (non-hydrogen) atoms. The Bertz CT molecular complexity index is 643. The minimum absolute atomic E-state index is 0.326. The molecular weight excluding hydrogens is 286 g/mol. The van der Waals surface area contributed by atoms with Crippen LogP contribution in [0.3, 0.4) is 0 Å². The first-order valence-electron chi connectivity index (χ1n) is 6.53. The van der Waals surface area contributed by atoms with Gasteiger partial charge in [0.1, 0.15) is 5.75 Å². The lowest BCUT2D eigenvalue weighted by Gasteiger charge is -2.13. The summed E-state index contributed by atoms with van der Waals surface area (Å²) in [4.78, 5) is 13.6. The Morgan fingerprint density at radius 3 is 2.67 bits per heavy atom. The van der Waals surface area contributed by atoms with Crippen LogP contribution in [-0.4, -0.2) is 19.7 Å². The third-order valence-electron chi connectivity index (χ3n) is 2.82. The molecule has 0 fully saturated rings. The predicted molar refractivity (Wildman–Crippen MR) is 83.9 cm³/mol. The van der Waals surface area contributed by atoms with Crippen LogP contribution in [0.2, 0.25) is 0 Å². The minimum atomic E-state index is -0.373. The van der Waals surface area contributed by atoms with E-state index in [9.17, 15) is 4.79 Å². The average Bonchev–Trinajstić information content (AvgIpc) is 2.50. The van der Waals surface area contributed by atoms with Gasteiger partial charge in [-0.2, -0.15) is 0 Å². The highest BCUT2D eigenvalue weighted by Gasteiger charge is 2.17. The Morgan fingerprint density at radius 2 is 1.95 bits per heavy atom. The van der Waals surface area contributed by atoms with Gasteiger partial charge in [-0.1, -0.05) is 30.0 Å². The Kier molecular flexibility index (Phi) is 5.11. The van der Waals surface area contributed by atoms with E-state index in [1.807, 2.05) is 24.3 Å². The van der Waals surface area contributed by atoms with Gasteiger partial charge in [0, 0.05) is 10.6 Å². The van der Waals surface area contributed by atoms with Gasteiger partial charge in [0.15, 0.2) is 0 Å². The van der Waals surface area contributed by atoms with Crippen molar-refractivity contribution in [1.82, 2.24) is 0 Å². The molecule has 0 aromatic heterocycles. The van der Waals surface area contributed by atoms with Crippen LogP contribution in [0.1, 0.15) is 17.3 Å². The summed E-state index contributed by atoms with van der Waals surface area (Å²) in [6.07, 6.45) is 0. The average molecular weight is 303 g/mol. The molecule has 0 bridgehead atoms. The van der Waals surface area contributed by atoms with Gasteiger partial charge in [0.05, 0.1) is 24.2 Å². The fraction of sp³-hybridized carbons (Fsp3) is 0.188. The van der Waals surface area contributed by atoms with Crippen LogP contribution in [-0.2, 0) is 4.74 Å². The van der Waals surface area contributed by atoms with Crippen molar-refractivity contribution in [2.45, 2.75) is 16.7 Å². The number of ether oxygens (including phenoxy) is 2. The second-order valence-electron chi connectivity index (χ2n) is 4.20. The van der Waals surface area contributed by atoms with E-state index >= 15 is 0 Å². The molecule has 2 aromatic rings. The fourth-order valence-electron chi connectivity index (χ4n) is 1.85. The number of methoxy groups -OCH3 is 1. The molecule has 110 valence electrons. The predicted octanol–water partition coefficient (Wildman–Crippen LogP) is 3.61. The first-order valence-corrected chi connectivity index (χ1v) is 7.35. The number of carbonyl (C=O) groups is 1. The van der Waals surface area contributed by atoms with Gasteiger partial charge in [-0.15, -0.1) is 0 Å². The zero-order valence-electron chi connectivity index (χ0n) is 12.0. The molecule has 0 saturated heterocycles. The molecule has 0 spiro atoms. The third-order valence-corrected chi connectivity index (χ3v) is 4.04. The number of para-hydroxylation sites is 1. The van der Waals surface area contributed by atoms with E-state index in [4.69, 9.17) is 15.2 Å². The van der Waals surface area contributed by atoms with Crippen LogP contribution in [0.15, 0.2) is 52.3 Å². The maximum Gasteiger partial charge on any atom is 0.339 e. The topological polar surface area (TPSA) is 61.5 Å². The van der Waals surface area contributed by atoms with Crippen LogP contribution in [0, 0.1) is 0 Å². The number of esters is 1. The summed E-state index contributed by atoms with van der Waals surface area (Å²) in [5.41, 5.74) is 7.03. The highest BCUT2D eigenvalue weighted by Crippen LogP contribution is 2.39. The molecule has 2 N–H and O–H groups in total. The van der Waals surface area contributed by atoms with Crippen molar-refractivity contribution in [2.75, 3.05) is 19.5 Å². The Labute approximate surface area is 128 Å². The number of nitrogens with two attached hydrogens (primary N) is 1. The Hall–Kier alpha value is -2.14. The molecule has 0 heterocycles. The quantitative estimate of drug-likeness (QED) is 0.675. The van der Waals surface area contributed by atoms with Gasteiger partial charge in [-0.25, -0.2) is 4.79 Å². The maximum absolute atomic E-state index is 12.0. The molecule has 0 saturated carbocycles. The number of nitrogen functional groups attached to an aromatic ring is 1. The number of hydrogen-bond acceptors (Lipinski definition) is 5. The van der Waals surface area contributed by atoms with Crippen molar-refractivity contribution in [3.05, 3.63) is 48.0 Å². The number of hydrogen-bond donors (Lipinski definition) is 1. The molecule has 0 aliphatic carbocycles. The van der Waals surface area contributed by atoms with E-state index in [-0.39, 0.29) is 5.97 Å². The first kappa shape index (κ1) is 15.3. The van der Waals surface area contributed by atoms with Gasteiger partial charge in [-0.05, 0) is 31.2 Å². The second-order valence-corrected chi connectivity index (χ2v) is 5.25. The maximum atomic E-state index is 12.0. The molecule has 2 aromatic carbocycles. The molecule has 0 aliphatic rings. The van der Waals surface area contributed by atoms with Crippen LogP contribution in [0.4, 0.5) is 5.69 Å². The second kappa shape index (κ2) is 7.04. The summed E-state index contributed by atoms with van der Waals surface area (Å²) >= 11 is 1.40. The van der Waals surface area contributed by atoms with Crippen LogP contribution >= 0.6 is 11.8 Å². The molecular formula is C16H17NO3S. The summed E-state index contributed by atoms with van der Waals surface area (Å²) in [5.74, 6) is 0.364. The van der Waals surface area contributed by atoms with Gasteiger partial charge in [0.25, 0.3) is 0 Å². The lowest BCUT2D eigenvalue weighted by atomic mass is 10.2. The first-order chi connectivity index (χ1) is 10.2. The SMILES string of the molecule is CCOC(=O)c1cccc(N)c1Sc1ccccc1OC. The molecule has 2 rings (SSSR count). The van der Waals surface area contributed by atoms with Crippen molar-refractivity contribution in [3.8, 4) is 5.75 Å². The highest BCUT2D eigenvalue weighted by molar-refractivity contribution is 7.99. The molecule has 4 nitrogen and oxygen atoms in total. The monoisotopic (exact) mass is 303 g/mol. The lowest BCUT2D eigenvalue weighted by molar-refractivity contribution is 0.0522. The molecule has 0 unspecified atom stereocenters. The van der Waals surface area contributed by atoms with E-state index in [0.717, 1.165) is 10.6 Å². The van der Waals surface area contributed by atoms with Crippen molar-refractivity contribution < 1.29 is 14.3 Å². The fourth-order valence-corrected chi connectivity index (χ4v) is 2.92. The Balaban J connectivity index is 2.41. The van der Waals surface area contributed by atoms with Crippen LogP contribution in [0.25, 0.3) is 0 Å². The molecule has 0 aliphatic heterocycles. The molecule has 0 radical (unpaired) electrons. The van der Waals surface area contributed by atoms with Crippen LogP contribution < -0.4 is 10.5 Å².